The molecule has 0 atom stereocenters. The van der Waals surface area contributed by atoms with Crippen LogP contribution in [0.3, 0.4) is 0 Å². The summed E-state index contributed by atoms with van der Waals surface area (Å²) in [6, 6.07) is 15.1. The summed E-state index contributed by atoms with van der Waals surface area (Å²) >= 11 is 0. The number of hydrogen-bond acceptors (Lipinski definition) is 4. The maximum Gasteiger partial charge on any atom is 0.244 e. The van der Waals surface area contributed by atoms with Gasteiger partial charge in [0.25, 0.3) is 0 Å². The Morgan fingerprint density at radius 3 is 2.62 bits per heavy atom. The molecule has 2 aromatic rings. The third kappa shape index (κ3) is 7.71. The number of nitrogens with zero attached hydrogens (tertiary/aromatic N) is 1. The Hall–Kier alpha value is -3.26. The van der Waals surface area contributed by atoms with E-state index in [0.717, 1.165) is 30.4 Å². The zero-order valence-electron chi connectivity index (χ0n) is 17.1. The summed E-state index contributed by atoms with van der Waals surface area (Å²) in [5.74, 6) is 1.22. The van der Waals surface area contributed by atoms with Crippen molar-refractivity contribution in [2.24, 2.45) is 0 Å². The third-order valence-electron chi connectivity index (χ3n) is 4.42. The second kappa shape index (κ2) is 12.2. The Labute approximate surface area is 173 Å². The van der Waals surface area contributed by atoms with E-state index in [-0.39, 0.29) is 5.91 Å². The highest BCUT2D eigenvalue weighted by Crippen LogP contribution is 2.28. The smallest absolute Gasteiger partial charge is 0.244 e. The van der Waals surface area contributed by atoms with Crippen molar-refractivity contribution in [3.8, 4) is 17.6 Å². The second-order valence-corrected chi connectivity index (χ2v) is 6.65. The Balaban J connectivity index is 1.85. The maximum atomic E-state index is 12.1. The number of nitriles is 1. The molecule has 2 rings (SSSR count). The topological polar surface area (TPSA) is 71.3 Å². The average molecular weight is 392 g/mol. The van der Waals surface area contributed by atoms with Crippen molar-refractivity contribution in [2.45, 2.75) is 32.6 Å². The Morgan fingerprint density at radius 1 is 1.14 bits per heavy atom. The lowest BCUT2D eigenvalue weighted by Crippen LogP contribution is -2.23. The van der Waals surface area contributed by atoms with Crippen molar-refractivity contribution >= 4 is 12.0 Å². The van der Waals surface area contributed by atoms with Crippen molar-refractivity contribution in [3.05, 3.63) is 65.2 Å². The number of rotatable bonds is 11. The predicted octanol–water partition coefficient (Wildman–Crippen LogP) is 4.51. The molecule has 0 bridgehead atoms. The number of carbonyl (C=O) groups excluding carboxylic acids is 1. The summed E-state index contributed by atoms with van der Waals surface area (Å²) in [6.45, 7) is 3.33. The van der Waals surface area contributed by atoms with Gasteiger partial charge in [-0.1, -0.05) is 38.0 Å². The summed E-state index contributed by atoms with van der Waals surface area (Å²) in [6.07, 6.45) is 7.26. The van der Waals surface area contributed by atoms with E-state index in [1.807, 2.05) is 30.3 Å². The first kappa shape index (κ1) is 22.0. The predicted molar refractivity (Wildman–Crippen MR) is 115 cm³/mol. The fourth-order valence-electron chi connectivity index (χ4n) is 2.75. The Bertz CT molecular complexity index is 851. The van der Waals surface area contributed by atoms with Gasteiger partial charge < -0.3 is 14.8 Å². The van der Waals surface area contributed by atoms with Crippen LogP contribution in [0.25, 0.3) is 6.08 Å². The molecular weight excluding hydrogens is 364 g/mol. The van der Waals surface area contributed by atoms with Crippen LogP contribution < -0.4 is 14.8 Å². The zero-order valence-corrected chi connectivity index (χ0v) is 17.1. The fourth-order valence-corrected chi connectivity index (χ4v) is 2.75. The number of nitrogens with one attached hydrogen (secondary N) is 1. The van der Waals surface area contributed by atoms with Crippen LogP contribution in [-0.4, -0.2) is 26.2 Å². The third-order valence-corrected chi connectivity index (χ3v) is 4.42. The monoisotopic (exact) mass is 392 g/mol. The van der Waals surface area contributed by atoms with Gasteiger partial charge in [-0.15, -0.1) is 0 Å². The molecule has 0 aliphatic rings. The first-order valence-electron chi connectivity index (χ1n) is 9.92. The molecule has 1 amide bonds. The Kier molecular flexibility index (Phi) is 9.31. The lowest BCUT2D eigenvalue weighted by atomic mass is 10.1. The van der Waals surface area contributed by atoms with Gasteiger partial charge in [-0.05, 0) is 54.3 Å². The standard InChI is InChI=1S/C24H28N2O3/c1-3-4-5-16-29-23-17-20(10-12-22(23)28-2)11-13-24(27)26-15-14-19-6-8-21(18-25)9-7-19/h6-13,17H,3-5,14-16H2,1-2H3,(H,26,27)/b13-11+. The number of unbranched alkanes of at least 4 members (excludes halogenated alkanes) is 2. The van der Waals surface area contributed by atoms with Gasteiger partial charge in [-0.3, -0.25) is 4.79 Å². The summed E-state index contributed by atoms with van der Waals surface area (Å²) in [5, 5.41) is 11.7. The van der Waals surface area contributed by atoms with Crippen LogP contribution in [0.15, 0.2) is 48.5 Å². The number of methoxy groups -OCH3 is 1. The summed E-state index contributed by atoms with van der Waals surface area (Å²) < 4.78 is 11.2. The molecule has 0 heterocycles. The van der Waals surface area contributed by atoms with Gasteiger partial charge in [-0.2, -0.15) is 5.26 Å². The van der Waals surface area contributed by atoms with Crippen LogP contribution in [0.5, 0.6) is 11.5 Å². The van der Waals surface area contributed by atoms with Gasteiger partial charge in [0, 0.05) is 12.6 Å². The molecule has 0 radical (unpaired) electrons. The van der Waals surface area contributed by atoms with Crippen LogP contribution in [-0.2, 0) is 11.2 Å². The average Bonchev–Trinajstić information content (AvgIpc) is 2.76. The summed E-state index contributed by atoms with van der Waals surface area (Å²) in [4.78, 5) is 12.1. The Morgan fingerprint density at radius 2 is 1.93 bits per heavy atom. The lowest BCUT2D eigenvalue weighted by molar-refractivity contribution is -0.116. The molecule has 5 nitrogen and oxygen atoms in total. The SMILES string of the molecule is CCCCCOc1cc(/C=C/C(=O)NCCc2ccc(C#N)cc2)ccc1OC. The number of hydrogen-bond donors (Lipinski definition) is 1. The van der Waals surface area contributed by atoms with E-state index < -0.39 is 0 Å². The van der Waals surface area contributed by atoms with E-state index in [1.54, 1.807) is 25.3 Å². The van der Waals surface area contributed by atoms with Gasteiger partial charge in [0.05, 0.1) is 25.3 Å². The lowest BCUT2D eigenvalue weighted by Gasteiger charge is -2.11. The van der Waals surface area contributed by atoms with Crippen LogP contribution in [0.4, 0.5) is 0 Å². The van der Waals surface area contributed by atoms with Gasteiger partial charge in [0.2, 0.25) is 5.91 Å². The number of ether oxygens (including phenoxy) is 2. The number of benzene rings is 2. The van der Waals surface area contributed by atoms with Gasteiger partial charge in [0.15, 0.2) is 11.5 Å². The molecule has 152 valence electrons. The maximum absolute atomic E-state index is 12.1. The molecule has 0 unspecified atom stereocenters. The normalized spacial score (nSPS) is 10.5. The molecule has 2 aromatic carbocycles. The van der Waals surface area contributed by atoms with Gasteiger partial charge >= 0.3 is 0 Å². The van der Waals surface area contributed by atoms with E-state index in [1.165, 1.54) is 6.08 Å². The molecule has 0 aromatic heterocycles. The van der Waals surface area contributed by atoms with Gasteiger partial charge in [0.1, 0.15) is 0 Å². The van der Waals surface area contributed by atoms with E-state index in [4.69, 9.17) is 14.7 Å². The zero-order chi connectivity index (χ0) is 20.9. The quantitative estimate of drug-likeness (QED) is 0.451. The minimum absolute atomic E-state index is 0.153. The van der Waals surface area contributed by atoms with Crippen LogP contribution >= 0.6 is 0 Å². The molecule has 0 fully saturated rings. The second-order valence-electron chi connectivity index (χ2n) is 6.65. The number of carbonyl (C=O) groups is 1. The molecule has 0 spiro atoms. The van der Waals surface area contributed by atoms with E-state index in [0.29, 0.717) is 36.6 Å². The highest BCUT2D eigenvalue weighted by molar-refractivity contribution is 5.91. The van der Waals surface area contributed by atoms with E-state index in [2.05, 4.69) is 18.3 Å². The minimum Gasteiger partial charge on any atom is -0.493 e. The molecule has 0 aliphatic heterocycles. The van der Waals surface area contributed by atoms with E-state index in [9.17, 15) is 4.79 Å². The van der Waals surface area contributed by atoms with Crippen LogP contribution in [0, 0.1) is 11.3 Å². The molecule has 29 heavy (non-hydrogen) atoms. The van der Waals surface area contributed by atoms with Crippen molar-refractivity contribution in [1.29, 1.82) is 5.26 Å². The summed E-state index contributed by atoms with van der Waals surface area (Å²) in [5.41, 5.74) is 2.58. The molecule has 0 aliphatic carbocycles. The highest BCUT2D eigenvalue weighted by atomic mass is 16.5. The largest absolute Gasteiger partial charge is 0.493 e. The van der Waals surface area contributed by atoms with Crippen molar-refractivity contribution in [1.82, 2.24) is 5.32 Å². The first-order chi connectivity index (χ1) is 14.2. The molecule has 0 saturated carbocycles. The molecule has 1 N–H and O–H groups in total. The highest BCUT2D eigenvalue weighted by Gasteiger charge is 2.05. The van der Waals surface area contributed by atoms with Crippen LogP contribution in [0.2, 0.25) is 0 Å². The minimum atomic E-state index is -0.153. The van der Waals surface area contributed by atoms with E-state index >= 15 is 0 Å². The fraction of sp³-hybridized carbons (Fsp3) is 0.333. The first-order valence-corrected chi connectivity index (χ1v) is 9.92. The number of amides is 1. The van der Waals surface area contributed by atoms with Crippen molar-refractivity contribution in [3.63, 3.8) is 0 Å². The molecule has 0 saturated heterocycles. The summed E-state index contributed by atoms with van der Waals surface area (Å²) in [7, 11) is 1.62. The van der Waals surface area contributed by atoms with Crippen molar-refractivity contribution < 1.29 is 14.3 Å². The molecular formula is C24H28N2O3. The van der Waals surface area contributed by atoms with Gasteiger partial charge in [-0.25, -0.2) is 0 Å². The molecule has 5 heteroatoms. The van der Waals surface area contributed by atoms with Crippen molar-refractivity contribution in [2.75, 3.05) is 20.3 Å². The van der Waals surface area contributed by atoms with Crippen LogP contribution in [0.1, 0.15) is 42.9 Å².